The molecular formula is C10H18O2. The summed E-state index contributed by atoms with van der Waals surface area (Å²) < 4.78 is 0. The van der Waals surface area contributed by atoms with E-state index in [1.165, 1.54) is 25.7 Å². The molecule has 0 saturated heterocycles. The van der Waals surface area contributed by atoms with Crippen molar-refractivity contribution in [1.29, 1.82) is 0 Å². The maximum absolute atomic E-state index is 9.98. The van der Waals surface area contributed by atoms with Gasteiger partial charge in [0.1, 0.15) is 0 Å². The van der Waals surface area contributed by atoms with Crippen LogP contribution >= 0.6 is 0 Å². The Morgan fingerprint density at radius 3 is 2.17 bits per heavy atom. The summed E-state index contributed by atoms with van der Waals surface area (Å²) in [7, 11) is 0. The summed E-state index contributed by atoms with van der Waals surface area (Å²) in [5.74, 6) is 0.498. The molecule has 2 heteroatoms. The van der Waals surface area contributed by atoms with Gasteiger partial charge in [-0.1, -0.05) is 12.8 Å². The third-order valence-corrected chi connectivity index (χ3v) is 3.89. The van der Waals surface area contributed by atoms with E-state index in [4.69, 9.17) is 0 Å². The van der Waals surface area contributed by atoms with Gasteiger partial charge in [-0.2, -0.15) is 0 Å². The van der Waals surface area contributed by atoms with Crippen LogP contribution in [0.3, 0.4) is 0 Å². The van der Waals surface area contributed by atoms with Crippen molar-refractivity contribution < 1.29 is 10.2 Å². The SMILES string of the molecule is OCC1([C@@H](O)C2CCC2)CCC1. The van der Waals surface area contributed by atoms with Gasteiger partial charge in [-0.3, -0.25) is 0 Å². The molecule has 70 valence electrons. The molecular weight excluding hydrogens is 152 g/mol. The zero-order valence-electron chi connectivity index (χ0n) is 7.50. The van der Waals surface area contributed by atoms with Crippen LogP contribution in [0.15, 0.2) is 0 Å². The van der Waals surface area contributed by atoms with Crippen LogP contribution in [0.4, 0.5) is 0 Å². The molecule has 12 heavy (non-hydrogen) atoms. The zero-order chi connectivity index (χ0) is 8.60. The van der Waals surface area contributed by atoms with Gasteiger partial charge in [0.25, 0.3) is 0 Å². The molecule has 0 aliphatic heterocycles. The average Bonchev–Trinajstić information content (AvgIpc) is 1.81. The second-order valence-corrected chi connectivity index (χ2v) is 4.51. The Bertz CT molecular complexity index is 154. The molecule has 2 rings (SSSR count). The van der Waals surface area contributed by atoms with Gasteiger partial charge in [-0.05, 0) is 31.6 Å². The fourth-order valence-electron chi connectivity index (χ4n) is 2.43. The van der Waals surface area contributed by atoms with Gasteiger partial charge in [-0.15, -0.1) is 0 Å². The summed E-state index contributed by atoms with van der Waals surface area (Å²) in [6.45, 7) is 0.185. The quantitative estimate of drug-likeness (QED) is 0.670. The zero-order valence-corrected chi connectivity index (χ0v) is 7.50. The number of hydrogen-bond acceptors (Lipinski definition) is 2. The summed E-state index contributed by atoms with van der Waals surface area (Å²) in [6.07, 6.45) is 6.63. The molecule has 0 amide bonds. The first-order valence-corrected chi connectivity index (χ1v) is 5.07. The number of aliphatic hydroxyl groups excluding tert-OH is 2. The van der Waals surface area contributed by atoms with E-state index in [0.717, 1.165) is 12.8 Å². The van der Waals surface area contributed by atoms with Crippen LogP contribution in [0.1, 0.15) is 38.5 Å². The van der Waals surface area contributed by atoms with Crippen LogP contribution in [0.25, 0.3) is 0 Å². The van der Waals surface area contributed by atoms with E-state index in [1.807, 2.05) is 0 Å². The van der Waals surface area contributed by atoms with E-state index >= 15 is 0 Å². The van der Waals surface area contributed by atoms with E-state index in [0.29, 0.717) is 5.92 Å². The van der Waals surface area contributed by atoms with Gasteiger partial charge in [0.05, 0.1) is 12.7 Å². The Kier molecular flexibility index (Phi) is 2.13. The third-order valence-electron chi connectivity index (χ3n) is 3.89. The predicted molar refractivity (Wildman–Crippen MR) is 46.7 cm³/mol. The summed E-state index contributed by atoms with van der Waals surface area (Å²) >= 11 is 0. The van der Waals surface area contributed by atoms with E-state index in [2.05, 4.69) is 0 Å². The smallest absolute Gasteiger partial charge is 0.0646 e. The van der Waals surface area contributed by atoms with Gasteiger partial charge >= 0.3 is 0 Å². The molecule has 1 atom stereocenters. The van der Waals surface area contributed by atoms with Crippen LogP contribution in [0.2, 0.25) is 0 Å². The minimum Gasteiger partial charge on any atom is -0.396 e. The molecule has 2 fully saturated rings. The number of rotatable bonds is 3. The van der Waals surface area contributed by atoms with Crippen molar-refractivity contribution >= 4 is 0 Å². The average molecular weight is 170 g/mol. The largest absolute Gasteiger partial charge is 0.396 e. The highest BCUT2D eigenvalue weighted by Gasteiger charge is 2.47. The molecule has 2 N–H and O–H groups in total. The molecule has 0 radical (unpaired) electrons. The maximum atomic E-state index is 9.98. The van der Waals surface area contributed by atoms with Gasteiger partial charge in [0.15, 0.2) is 0 Å². The van der Waals surface area contributed by atoms with Crippen LogP contribution in [0, 0.1) is 11.3 Å². The van der Waals surface area contributed by atoms with Crippen molar-refractivity contribution in [2.45, 2.75) is 44.6 Å². The second-order valence-electron chi connectivity index (χ2n) is 4.51. The Balaban J connectivity index is 1.95. The number of hydrogen-bond donors (Lipinski definition) is 2. The first-order valence-electron chi connectivity index (χ1n) is 5.07. The van der Waals surface area contributed by atoms with Crippen LogP contribution < -0.4 is 0 Å². The highest BCUT2D eigenvalue weighted by molar-refractivity contribution is 4.97. The molecule has 0 spiro atoms. The fourth-order valence-corrected chi connectivity index (χ4v) is 2.43. The molecule has 0 bridgehead atoms. The lowest BCUT2D eigenvalue weighted by molar-refractivity contribution is -0.113. The summed E-state index contributed by atoms with van der Waals surface area (Å²) in [5.41, 5.74) is -0.0922. The molecule has 0 unspecified atom stereocenters. The molecule has 2 aliphatic rings. The molecule has 2 nitrogen and oxygen atoms in total. The standard InChI is InChI=1S/C10H18O2/c11-7-10(5-2-6-10)9(12)8-3-1-4-8/h8-9,11-12H,1-7H2/t9-/m0/s1. The lowest BCUT2D eigenvalue weighted by atomic mass is 9.60. The van der Waals surface area contributed by atoms with Crippen molar-refractivity contribution in [3.63, 3.8) is 0 Å². The Morgan fingerprint density at radius 2 is 1.92 bits per heavy atom. The maximum Gasteiger partial charge on any atom is 0.0646 e. The normalized spacial score (nSPS) is 30.5. The van der Waals surface area contributed by atoms with Crippen molar-refractivity contribution in [1.82, 2.24) is 0 Å². The summed E-state index contributed by atoms with van der Waals surface area (Å²) in [6, 6.07) is 0. The number of aliphatic hydroxyl groups is 2. The molecule has 0 aromatic rings. The Morgan fingerprint density at radius 1 is 1.25 bits per heavy atom. The Labute approximate surface area is 73.6 Å². The van der Waals surface area contributed by atoms with Crippen molar-refractivity contribution in [2.75, 3.05) is 6.61 Å². The Hall–Kier alpha value is -0.0800. The fraction of sp³-hybridized carbons (Fsp3) is 1.00. The van der Waals surface area contributed by atoms with Gasteiger partial charge < -0.3 is 10.2 Å². The van der Waals surface area contributed by atoms with Gasteiger partial charge in [-0.25, -0.2) is 0 Å². The predicted octanol–water partition coefficient (Wildman–Crippen LogP) is 1.31. The monoisotopic (exact) mass is 170 g/mol. The molecule has 0 aromatic heterocycles. The minimum atomic E-state index is -0.218. The molecule has 0 aromatic carbocycles. The van der Waals surface area contributed by atoms with Crippen LogP contribution in [0.5, 0.6) is 0 Å². The lowest BCUT2D eigenvalue weighted by Gasteiger charge is -2.49. The van der Waals surface area contributed by atoms with Crippen LogP contribution in [-0.4, -0.2) is 22.9 Å². The van der Waals surface area contributed by atoms with E-state index in [9.17, 15) is 10.2 Å². The molecule has 2 aliphatic carbocycles. The summed E-state index contributed by atoms with van der Waals surface area (Å²) in [4.78, 5) is 0. The molecule has 2 saturated carbocycles. The first kappa shape index (κ1) is 8.52. The van der Waals surface area contributed by atoms with E-state index in [-0.39, 0.29) is 18.1 Å². The van der Waals surface area contributed by atoms with Crippen molar-refractivity contribution in [3.8, 4) is 0 Å². The highest BCUT2D eigenvalue weighted by Crippen LogP contribution is 2.49. The second kappa shape index (κ2) is 3.00. The minimum absolute atomic E-state index is 0.0922. The van der Waals surface area contributed by atoms with E-state index in [1.54, 1.807) is 0 Å². The van der Waals surface area contributed by atoms with Crippen molar-refractivity contribution in [3.05, 3.63) is 0 Å². The summed E-state index contributed by atoms with van der Waals surface area (Å²) in [5, 5.41) is 19.2. The highest BCUT2D eigenvalue weighted by atomic mass is 16.3. The first-order chi connectivity index (χ1) is 5.78. The van der Waals surface area contributed by atoms with Gasteiger partial charge in [0.2, 0.25) is 0 Å². The van der Waals surface area contributed by atoms with E-state index < -0.39 is 0 Å². The topological polar surface area (TPSA) is 40.5 Å². The van der Waals surface area contributed by atoms with Crippen LogP contribution in [-0.2, 0) is 0 Å². The third kappa shape index (κ3) is 1.09. The van der Waals surface area contributed by atoms with Crippen molar-refractivity contribution in [2.24, 2.45) is 11.3 Å². The van der Waals surface area contributed by atoms with Gasteiger partial charge in [0, 0.05) is 5.41 Å². The lowest BCUT2D eigenvalue weighted by Crippen LogP contribution is -2.49. The molecule has 0 heterocycles.